The molecule has 3 atom stereocenters. The maximum Gasteiger partial charge on any atom is 0.405 e. The average molecular weight is 710 g/mol. The Bertz CT molecular complexity index is 2150. The van der Waals surface area contributed by atoms with Crippen LogP contribution in [0.3, 0.4) is 0 Å². The van der Waals surface area contributed by atoms with E-state index in [1.54, 1.807) is 30.5 Å². The van der Waals surface area contributed by atoms with E-state index in [2.05, 4.69) is 30.9 Å². The van der Waals surface area contributed by atoms with Crippen LogP contribution >= 0.6 is 0 Å². The lowest BCUT2D eigenvalue weighted by molar-refractivity contribution is -0.126. The zero-order chi connectivity index (χ0) is 36.1. The van der Waals surface area contributed by atoms with E-state index in [4.69, 9.17) is 9.72 Å². The molecule has 0 unspecified atom stereocenters. The summed E-state index contributed by atoms with van der Waals surface area (Å²) in [4.78, 5) is 41.0. The van der Waals surface area contributed by atoms with Gasteiger partial charge in [0.05, 0.1) is 35.0 Å². The zero-order valence-corrected chi connectivity index (χ0v) is 28.9. The normalized spacial score (nSPS) is 19.4. The number of hydrogen-bond donors (Lipinski definition) is 6. The molecule has 3 aliphatic rings. The van der Waals surface area contributed by atoms with Crippen LogP contribution in [0, 0.1) is 11.8 Å². The van der Waals surface area contributed by atoms with Crippen molar-refractivity contribution in [2.24, 2.45) is 11.8 Å². The van der Waals surface area contributed by atoms with Crippen molar-refractivity contribution < 1.29 is 28.2 Å². The van der Waals surface area contributed by atoms with Crippen LogP contribution in [0.15, 0.2) is 60.8 Å². The first kappa shape index (κ1) is 34.0. The molecule has 2 aromatic heterocycles. The van der Waals surface area contributed by atoms with Crippen LogP contribution in [-0.2, 0) is 15.5 Å². The molecule has 52 heavy (non-hydrogen) atoms. The number of benzene rings is 3. The predicted octanol–water partition coefficient (Wildman–Crippen LogP) is 7.04. The summed E-state index contributed by atoms with van der Waals surface area (Å²) < 4.78 is 38.0. The summed E-state index contributed by atoms with van der Waals surface area (Å²) in [6.45, 7) is 5.72. The second kappa shape index (κ2) is 13.4. The Morgan fingerprint density at radius 3 is 2.31 bits per heavy atom. The van der Waals surface area contributed by atoms with Gasteiger partial charge in [-0.15, -0.1) is 0 Å². The first-order chi connectivity index (χ1) is 25.1. The van der Waals surface area contributed by atoms with Crippen LogP contribution in [0.25, 0.3) is 44.5 Å². The molecule has 5 aromatic rings. The number of aromatic amines is 2. The molecule has 2 fully saturated rings. The first-order valence-corrected chi connectivity index (χ1v) is 17.9. The van der Waals surface area contributed by atoms with Gasteiger partial charge in [-0.1, -0.05) is 44.2 Å². The molecule has 0 radical (unpaired) electrons. The number of aromatic nitrogens is 4. The summed E-state index contributed by atoms with van der Waals surface area (Å²) in [5.41, 5.74) is 5.14. The van der Waals surface area contributed by atoms with Crippen molar-refractivity contribution in [3.8, 4) is 33.5 Å². The molecule has 0 spiro atoms. The van der Waals surface area contributed by atoms with Gasteiger partial charge in [-0.3, -0.25) is 4.79 Å². The molecule has 0 saturated carbocycles. The molecule has 3 aromatic carbocycles. The minimum Gasteiger partial charge on any atom is -0.465 e. The highest BCUT2D eigenvalue weighted by Crippen LogP contribution is 2.52. The summed E-state index contributed by atoms with van der Waals surface area (Å²) in [6, 6.07) is 14.7. The van der Waals surface area contributed by atoms with E-state index in [1.165, 1.54) is 6.07 Å². The van der Waals surface area contributed by atoms with Crippen molar-refractivity contribution in [1.29, 1.82) is 0 Å². The third kappa shape index (κ3) is 6.21. The largest absolute Gasteiger partial charge is 0.465 e. The SMILES string of the molecule is CC(C)[C@H](NC(=O)[C@@H](NC(=O)O)C1CCOCC1)c1ncc(-c2ccc3c(c2)C(F)(F)c2cc(-c4ccc5nc([C@@H]6CCCN6)[nH]c5c4)ccc2-3)[nH]1. The molecule has 270 valence electrons. The molecular weight excluding hydrogens is 668 g/mol. The fourth-order valence-corrected chi connectivity index (χ4v) is 7.88. The predicted molar refractivity (Wildman–Crippen MR) is 192 cm³/mol. The van der Waals surface area contributed by atoms with Gasteiger partial charge in [0.1, 0.15) is 17.7 Å². The third-order valence-electron chi connectivity index (χ3n) is 10.7. The topological polar surface area (TPSA) is 157 Å². The molecule has 4 heterocycles. The Morgan fingerprint density at radius 2 is 1.62 bits per heavy atom. The van der Waals surface area contributed by atoms with E-state index in [0.717, 1.165) is 41.8 Å². The quantitative estimate of drug-likeness (QED) is 0.0959. The molecule has 11 nitrogen and oxygen atoms in total. The molecule has 2 amide bonds. The number of hydrogen-bond acceptors (Lipinski definition) is 6. The lowest BCUT2D eigenvalue weighted by Gasteiger charge is -2.31. The molecule has 2 aliphatic heterocycles. The van der Waals surface area contributed by atoms with Gasteiger partial charge in [0.2, 0.25) is 5.91 Å². The van der Waals surface area contributed by atoms with E-state index in [1.807, 2.05) is 38.1 Å². The summed E-state index contributed by atoms with van der Waals surface area (Å²) in [5.74, 6) is -2.65. The minimum atomic E-state index is -3.23. The van der Waals surface area contributed by atoms with Crippen LogP contribution in [-0.4, -0.2) is 62.8 Å². The maximum atomic E-state index is 16.3. The van der Waals surface area contributed by atoms with Crippen molar-refractivity contribution in [3.05, 3.63) is 83.6 Å². The van der Waals surface area contributed by atoms with Gasteiger partial charge in [-0.05, 0) is 90.6 Å². The number of carbonyl (C=O) groups excluding carboxylic acids is 1. The number of halogens is 2. The lowest BCUT2D eigenvalue weighted by Crippen LogP contribution is -2.53. The molecule has 13 heteroatoms. The van der Waals surface area contributed by atoms with Crippen LogP contribution in [0.4, 0.5) is 13.6 Å². The Labute approximate surface area is 299 Å². The number of nitrogens with one attached hydrogen (secondary N) is 5. The number of fused-ring (bicyclic) bond motifs is 4. The number of amides is 2. The second-order valence-electron chi connectivity index (χ2n) is 14.4. The molecule has 2 saturated heterocycles. The number of imidazole rings is 2. The number of carbonyl (C=O) groups is 2. The molecule has 0 bridgehead atoms. The smallest absolute Gasteiger partial charge is 0.405 e. The number of alkyl halides is 2. The molecule has 8 rings (SSSR count). The monoisotopic (exact) mass is 709 g/mol. The minimum absolute atomic E-state index is 0.0420. The Morgan fingerprint density at radius 1 is 0.923 bits per heavy atom. The van der Waals surface area contributed by atoms with Crippen molar-refractivity contribution >= 4 is 23.0 Å². The Kier molecular flexibility index (Phi) is 8.78. The van der Waals surface area contributed by atoms with Gasteiger partial charge in [0, 0.05) is 29.9 Å². The van der Waals surface area contributed by atoms with Crippen LogP contribution in [0.2, 0.25) is 0 Å². The molecule has 1 aliphatic carbocycles. The van der Waals surface area contributed by atoms with Crippen LogP contribution in [0.5, 0.6) is 0 Å². The van der Waals surface area contributed by atoms with E-state index in [0.29, 0.717) is 59.8 Å². The second-order valence-corrected chi connectivity index (χ2v) is 14.4. The fraction of sp³-hybridized carbons (Fsp3) is 0.385. The Hall–Kier alpha value is -5.14. The van der Waals surface area contributed by atoms with Crippen molar-refractivity contribution in [3.63, 3.8) is 0 Å². The van der Waals surface area contributed by atoms with Crippen molar-refractivity contribution in [1.82, 2.24) is 35.9 Å². The zero-order valence-electron chi connectivity index (χ0n) is 28.9. The van der Waals surface area contributed by atoms with Crippen LogP contribution in [0.1, 0.15) is 74.4 Å². The van der Waals surface area contributed by atoms with Gasteiger partial charge in [0.15, 0.2) is 0 Å². The number of ether oxygens (including phenoxy) is 1. The highest BCUT2D eigenvalue weighted by molar-refractivity contribution is 5.87. The number of rotatable bonds is 9. The lowest BCUT2D eigenvalue weighted by atomic mass is 9.90. The Balaban J connectivity index is 1.03. The maximum absolute atomic E-state index is 16.3. The average Bonchev–Trinajstić information content (AvgIpc) is 3.96. The summed E-state index contributed by atoms with van der Waals surface area (Å²) >= 11 is 0. The van der Waals surface area contributed by atoms with Gasteiger partial charge in [-0.25, -0.2) is 14.8 Å². The van der Waals surface area contributed by atoms with Crippen LogP contribution < -0.4 is 16.0 Å². The van der Waals surface area contributed by atoms with E-state index in [-0.39, 0.29) is 29.0 Å². The standard InChI is InChI=1S/C39H41F2N7O4/c1-20(2)33(47-37(49)34(48-38(50)51)21-11-14-52-15-12-21)36-43-19-32(46-36)24-6-9-26-25-8-5-22(16-27(25)39(40,41)28(26)17-24)23-7-10-29-31(18-23)45-35(44-29)30-4-3-13-42-30/h5-10,16-21,30,33-34,42,48H,3-4,11-15H2,1-2H3,(H,43,46)(H,44,45)(H,47,49)(H,50,51)/t30-,33-,34-/m0/s1. The number of H-pyrrole nitrogens is 2. The highest BCUT2D eigenvalue weighted by Gasteiger charge is 2.45. The summed E-state index contributed by atoms with van der Waals surface area (Å²) in [6.07, 6.45) is 3.55. The highest BCUT2D eigenvalue weighted by atomic mass is 19.3. The number of nitrogens with zero attached hydrogens (tertiary/aromatic N) is 2. The van der Waals surface area contributed by atoms with E-state index >= 15 is 8.78 Å². The fourth-order valence-electron chi connectivity index (χ4n) is 7.88. The van der Waals surface area contributed by atoms with E-state index in [9.17, 15) is 14.7 Å². The van der Waals surface area contributed by atoms with Crippen molar-refractivity contribution in [2.75, 3.05) is 19.8 Å². The van der Waals surface area contributed by atoms with Crippen molar-refractivity contribution in [2.45, 2.75) is 63.6 Å². The third-order valence-corrected chi connectivity index (χ3v) is 10.7. The number of carboxylic acid groups (broad SMARTS) is 1. The molecular formula is C39H41F2N7O4. The summed E-state index contributed by atoms with van der Waals surface area (Å²) in [5, 5.41) is 18.3. The van der Waals surface area contributed by atoms with Gasteiger partial charge < -0.3 is 35.8 Å². The first-order valence-electron chi connectivity index (χ1n) is 17.9. The molecule has 6 N–H and O–H groups in total. The summed E-state index contributed by atoms with van der Waals surface area (Å²) in [7, 11) is 0. The van der Waals surface area contributed by atoms with Gasteiger partial charge >= 0.3 is 6.09 Å². The van der Waals surface area contributed by atoms with Gasteiger partial charge in [-0.2, -0.15) is 8.78 Å². The van der Waals surface area contributed by atoms with Gasteiger partial charge in [0.25, 0.3) is 5.92 Å². The van der Waals surface area contributed by atoms with E-state index < -0.39 is 30.0 Å².